The Morgan fingerprint density at radius 3 is 2.54 bits per heavy atom. The summed E-state index contributed by atoms with van der Waals surface area (Å²) in [5.74, 6) is -0.513. The Kier molecular flexibility index (Phi) is 4.86. The van der Waals surface area contributed by atoms with Gasteiger partial charge in [0.05, 0.1) is 13.2 Å². The quantitative estimate of drug-likeness (QED) is 0.938. The second-order valence-corrected chi connectivity index (χ2v) is 5.64. The predicted octanol–water partition coefficient (Wildman–Crippen LogP) is 2.11. The summed E-state index contributed by atoms with van der Waals surface area (Å²) in [6, 6.07) is 12.4. The number of nitrogens with one attached hydrogen (secondary N) is 1. The first-order chi connectivity index (χ1) is 11.6. The number of ether oxygens (including phenoxy) is 1. The zero-order chi connectivity index (χ0) is 16.9. The molecular formula is C18H19N3O3. The van der Waals surface area contributed by atoms with Crippen LogP contribution in [0.2, 0.25) is 0 Å². The summed E-state index contributed by atoms with van der Waals surface area (Å²) in [7, 11) is 0. The molecule has 2 aromatic rings. The van der Waals surface area contributed by atoms with Crippen molar-refractivity contribution in [1.82, 2.24) is 9.88 Å². The number of hydrogen-bond donors (Lipinski definition) is 1. The number of aromatic nitrogens is 1. The van der Waals surface area contributed by atoms with Crippen molar-refractivity contribution in [1.29, 1.82) is 0 Å². The number of aryl methyl sites for hydroxylation is 1. The molecule has 6 heteroatoms. The normalized spacial score (nSPS) is 14.3. The van der Waals surface area contributed by atoms with Crippen LogP contribution < -0.4 is 5.32 Å². The lowest BCUT2D eigenvalue weighted by atomic mass is 10.2. The molecule has 2 amide bonds. The lowest BCUT2D eigenvalue weighted by Gasteiger charge is -2.26. The molecule has 0 radical (unpaired) electrons. The summed E-state index contributed by atoms with van der Waals surface area (Å²) in [6.07, 6.45) is 0. The minimum Gasteiger partial charge on any atom is -0.378 e. The first-order valence-electron chi connectivity index (χ1n) is 7.85. The highest BCUT2D eigenvalue weighted by molar-refractivity contribution is 6.03. The van der Waals surface area contributed by atoms with Gasteiger partial charge in [0.1, 0.15) is 11.4 Å². The zero-order valence-corrected chi connectivity index (χ0v) is 13.5. The number of amides is 2. The van der Waals surface area contributed by atoms with Crippen molar-refractivity contribution in [2.75, 3.05) is 31.6 Å². The first kappa shape index (κ1) is 16.1. The molecule has 1 N–H and O–H groups in total. The average Bonchev–Trinajstić information content (AvgIpc) is 2.62. The van der Waals surface area contributed by atoms with E-state index in [1.165, 1.54) is 0 Å². The number of carbonyl (C=O) groups is 2. The van der Waals surface area contributed by atoms with Crippen molar-refractivity contribution in [3.05, 3.63) is 59.4 Å². The smallest absolute Gasteiger partial charge is 0.274 e. The largest absolute Gasteiger partial charge is 0.378 e. The van der Waals surface area contributed by atoms with E-state index in [-0.39, 0.29) is 23.2 Å². The van der Waals surface area contributed by atoms with E-state index in [4.69, 9.17) is 4.74 Å². The molecule has 1 aliphatic heterocycles. The van der Waals surface area contributed by atoms with Gasteiger partial charge in [0.15, 0.2) is 0 Å². The molecule has 0 spiro atoms. The van der Waals surface area contributed by atoms with Gasteiger partial charge in [0.2, 0.25) is 0 Å². The lowest BCUT2D eigenvalue weighted by molar-refractivity contribution is 0.0299. The van der Waals surface area contributed by atoms with Crippen LogP contribution in [0, 0.1) is 6.92 Å². The number of anilines is 1. The molecule has 3 rings (SSSR count). The highest BCUT2D eigenvalue weighted by atomic mass is 16.5. The second kappa shape index (κ2) is 7.23. The summed E-state index contributed by atoms with van der Waals surface area (Å²) in [5.41, 5.74) is 2.24. The standard InChI is InChI=1S/C18H19N3O3/c1-13-4-2-5-14(12-13)19-17(22)15-6-3-7-16(20-15)18(23)21-8-10-24-11-9-21/h2-7,12H,8-11H2,1H3,(H,19,22). The number of hydrogen-bond acceptors (Lipinski definition) is 4. The number of rotatable bonds is 3. The summed E-state index contributed by atoms with van der Waals surface area (Å²) in [6.45, 7) is 4.09. The minimum atomic E-state index is -0.336. The van der Waals surface area contributed by atoms with Crippen LogP contribution in [0.1, 0.15) is 26.5 Å². The summed E-state index contributed by atoms with van der Waals surface area (Å²) in [4.78, 5) is 30.7. The molecule has 2 heterocycles. The van der Waals surface area contributed by atoms with Crippen LogP contribution in [0.5, 0.6) is 0 Å². The lowest BCUT2D eigenvalue weighted by Crippen LogP contribution is -2.41. The van der Waals surface area contributed by atoms with Crippen LogP contribution in [0.3, 0.4) is 0 Å². The van der Waals surface area contributed by atoms with Gasteiger partial charge >= 0.3 is 0 Å². The molecule has 124 valence electrons. The third kappa shape index (κ3) is 3.78. The third-order valence-electron chi connectivity index (χ3n) is 3.78. The fourth-order valence-corrected chi connectivity index (χ4v) is 2.53. The van der Waals surface area contributed by atoms with E-state index in [1.54, 1.807) is 23.1 Å². The molecule has 1 aromatic heterocycles. The van der Waals surface area contributed by atoms with E-state index in [0.29, 0.717) is 32.0 Å². The van der Waals surface area contributed by atoms with Gasteiger partial charge in [-0.15, -0.1) is 0 Å². The highest BCUT2D eigenvalue weighted by Gasteiger charge is 2.20. The van der Waals surface area contributed by atoms with Crippen molar-refractivity contribution in [2.24, 2.45) is 0 Å². The number of nitrogens with zero attached hydrogens (tertiary/aromatic N) is 2. The Balaban J connectivity index is 1.74. The minimum absolute atomic E-state index is 0.177. The molecule has 0 atom stereocenters. The molecule has 6 nitrogen and oxygen atoms in total. The van der Waals surface area contributed by atoms with E-state index in [2.05, 4.69) is 10.3 Å². The molecule has 0 unspecified atom stereocenters. The molecule has 0 saturated carbocycles. The van der Waals surface area contributed by atoms with Gasteiger partial charge in [-0.25, -0.2) is 4.98 Å². The van der Waals surface area contributed by atoms with Crippen LogP contribution in [0.25, 0.3) is 0 Å². The van der Waals surface area contributed by atoms with Crippen LogP contribution in [0.4, 0.5) is 5.69 Å². The van der Waals surface area contributed by atoms with Gasteiger partial charge < -0.3 is 15.0 Å². The SMILES string of the molecule is Cc1cccc(NC(=O)c2cccc(C(=O)N3CCOCC3)n2)c1. The van der Waals surface area contributed by atoms with Crippen molar-refractivity contribution >= 4 is 17.5 Å². The fraction of sp³-hybridized carbons (Fsp3) is 0.278. The highest BCUT2D eigenvalue weighted by Crippen LogP contribution is 2.12. The number of carbonyl (C=O) groups excluding carboxylic acids is 2. The molecule has 1 saturated heterocycles. The molecular weight excluding hydrogens is 306 g/mol. The van der Waals surface area contributed by atoms with Crippen molar-refractivity contribution in [3.63, 3.8) is 0 Å². The molecule has 0 bridgehead atoms. The van der Waals surface area contributed by atoms with E-state index in [0.717, 1.165) is 5.56 Å². The maximum absolute atomic E-state index is 12.5. The maximum Gasteiger partial charge on any atom is 0.274 e. The van der Waals surface area contributed by atoms with E-state index < -0.39 is 0 Å². The maximum atomic E-state index is 12.5. The van der Waals surface area contributed by atoms with Gasteiger partial charge in [-0.1, -0.05) is 18.2 Å². The van der Waals surface area contributed by atoms with Crippen LogP contribution in [-0.4, -0.2) is 48.0 Å². The third-order valence-corrected chi connectivity index (χ3v) is 3.78. The fourth-order valence-electron chi connectivity index (χ4n) is 2.53. The second-order valence-electron chi connectivity index (χ2n) is 5.64. The number of morpholine rings is 1. The van der Waals surface area contributed by atoms with Gasteiger partial charge in [0.25, 0.3) is 11.8 Å². The van der Waals surface area contributed by atoms with Crippen LogP contribution in [0.15, 0.2) is 42.5 Å². The van der Waals surface area contributed by atoms with Crippen LogP contribution in [-0.2, 0) is 4.74 Å². The van der Waals surface area contributed by atoms with E-state index >= 15 is 0 Å². The van der Waals surface area contributed by atoms with Crippen molar-refractivity contribution in [3.8, 4) is 0 Å². The van der Waals surface area contributed by atoms with Crippen LogP contribution >= 0.6 is 0 Å². The van der Waals surface area contributed by atoms with Gasteiger partial charge in [0, 0.05) is 18.8 Å². The Bertz CT molecular complexity index is 755. The molecule has 1 aliphatic rings. The molecule has 0 aliphatic carbocycles. The topological polar surface area (TPSA) is 71.5 Å². The summed E-state index contributed by atoms with van der Waals surface area (Å²) < 4.78 is 5.25. The average molecular weight is 325 g/mol. The monoisotopic (exact) mass is 325 g/mol. The molecule has 1 fully saturated rings. The summed E-state index contributed by atoms with van der Waals surface area (Å²) >= 11 is 0. The van der Waals surface area contributed by atoms with Crippen molar-refractivity contribution < 1.29 is 14.3 Å². The van der Waals surface area contributed by atoms with Crippen molar-refractivity contribution in [2.45, 2.75) is 6.92 Å². The summed E-state index contributed by atoms with van der Waals surface area (Å²) in [5, 5.41) is 2.80. The number of benzene rings is 1. The Labute approximate surface area is 140 Å². The Hall–Kier alpha value is -2.73. The molecule has 1 aromatic carbocycles. The van der Waals surface area contributed by atoms with E-state index in [9.17, 15) is 9.59 Å². The first-order valence-corrected chi connectivity index (χ1v) is 7.85. The Morgan fingerprint density at radius 1 is 1.08 bits per heavy atom. The van der Waals surface area contributed by atoms with Gasteiger partial charge in [-0.05, 0) is 36.8 Å². The molecule has 24 heavy (non-hydrogen) atoms. The zero-order valence-electron chi connectivity index (χ0n) is 13.5. The number of pyridine rings is 1. The van der Waals surface area contributed by atoms with E-state index in [1.807, 2.05) is 31.2 Å². The predicted molar refractivity (Wildman–Crippen MR) is 90.1 cm³/mol. The Morgan fingerprint density at radius 2 is 1.79 bits per heavy atom. The van der Waals surface area contributed by atoms with Gasteiger partial charge in [-0.2, -0.15) is 0 Å². The van der Waals surface area contributed by atoms with Gasteiger partial charge in [-0.3, -0.25) is 9.59 Å².